The van der Waals surface area contributed by atoms with E-state index < -0.39 is 11.0 Å². The molecule has 1 atom stereocenters. The summed E-state index contributed by atoms with van der Waals surface area (Å²) < 4.78 is 1.45. The standard InChI is InChI=1S/C9H11N3O3S/c1-2-6(13)5-7-8(12(14)15)11-3-4-16-9(11)10-7/h3-4,6,13H,2,5H2,1H3. The minimum Gasteiger partial charge on any atom is -0.393 e. The van der Waals surface area contributed by atoms with Crippen molar-refractivity contribution in [2.45, 2.75) is 25.9 Å². The molecule has 2 heterocycles. The van der Waals surface area contributed by atoms with Crippen LogP contribution < -0.4 is 0 Å². The zero-order valence-electron chi connectivity index (χ0n) is 8.66. The van der Waals surface area contributed by atoms with Gasteiger partial charge in [0.05, 0.1) is 6.10 Å². The van der Waals surface area contributed by atoms with Crippen molar-refractivity contribution in [3.8, 4) is 0 Å². The molecular formula is C9H11N3O3S. The Bertz CT molecular complexity index is 519. The van der Waals surface area contributed by atoms with E-state index in [-0.39, 0.29) is 12.2 Å². The minimum absolute atomic E-state index is 0.0382. The SMILES string of the molecule is CCC(O)Cc1nc2sccn2c1[N+](=O)[O-]. The van der Waals surface area contributed by atoms with Crippen molar-refractivity contribution < 1.29 is 10.0 Å². The molecule has 2 aromatic heterocycles. The minimum atomic E-state index is -0.580. The summed E-state index contributed by atoms with van der Waals surface area (Å²) in [6.07, 6.45) is 1.82. The number of nitrogens with zero attached hydrogens (tertiary/aromatic N) is 3. The first-order valence-corrected chi connectivity index (χ1v) is 5.78. The van der Waals surface area contributed by atoms with Gasteiger partial charge in [0.1, 0.15) is 11.9 Å². The lowest BCUT2D eigenvalue weighted by Crippen LogP contribution is -2.10. The molecule has 1 unspecified atom stereocenters. The maximum absolute atomic E-state index is 10.9. The second-order valence-corrected chi connectivity index (χ2v) is 4.33. The largest absolute Gasteiger partial charge is 0.393 e. The molecule has 2 rings (SSSR count). The number of aliphatic hydroxyl groups is 1. The summed E-state index contributed by atoms with van der Waals surface area (Å²) in [4.78, 5) is 15.2. The fourth-order valence-electron chi connectivity index (χ4n) is 1.52. The quantitative estimate of drug-likeness (QED) is 0.651. The van der Waals surface area contributed by atoms with Crippen molar-refractivity contribution in [3.63, 3.8) is 0 Å². The van der Waals surface area contributed by atoms with Gasteiger partial charge >= 0.3 is 5.82 Å². The van der Waals surface area contributed by atoms with E-state index in [1.165, 1.54) is 15.7 Å². The van der Waals surface area contributed by atoms with E-state index in [4.69, 9.17) is 0 Å². The fourth-order valence-corrected chi connectivity index (χ4v) is 2.24. The van der Waals surface area contributed by atoms with Crippen LogP contribution in [0.1, 0.15) is 19.0 Å². The van der Waals surface area contributed by atoms with E-state index in [9.17, 15) is 15.2 Å². The van der Waals surface area contributed by atoms with Crippen molar-refractivity contribution in [2.24, 2.45) is 0 Å². The lowest BCUT2D eigenvalue weighted by molar-refractivity contribution is -0.391. The highest BCUT2D eigenvalue weighted by Gasteiger charge is 2.24. The molecule has 0 saturated heterocycles. The topological polar surface area (TPSA) is 80.7 Å². The van der Waals surface area contributed by atoms with E-state index in [1.807, 2.05) is 6.92 Å². The molecule has 0 aromatic carbocycles. The molecular weight excluding hydrogens is 230 g/mol. The molecule has 0 aliphatic rings. The van der Waals surface area contributed by atoms with Gasteiger partial charge in [-0.2, -0.15) is 9.38 Å². The van der Waals surface area contributed by atoms with Gasteiger partial charge in [-0.1, -0.05) is 18.3 Å². The van der Waals surface area contributed by atoms with Crippen molar-refractivity contribution in [1.29, 1.82) is 0 Å². The van der Waals surface area contributed by atoms with E-state index >= 15 is 0 Å². The van der Waals surface area contributed by atoms with Crippen LogP contribution in [0.15, 0.2) is 11.6 Å². The zero-order valence-corrected chi connectivity index (χ0v) is 9.48. The van der Waals surface area contributed by atoms with Gasteiger partial charge in [0.2, 0.25) is 0 Å². The number of imidazole rings is 1. The fraction of sp³-hybridized carbons (Fsp3) is 0.444. The highest BCUT2D eigenvalue weighted by Crippen LogP contribution is 2.25. The van der Waals surface area contributed by atoms with Crippen molar-refractivity contribution in [1.82, 2.24) is 9.38 Å². The van der Waals surface area contributed by atoms with Crippen LogP contribution in [0.3, 0.4) is 0 Å². The van der Waals surface area contributed by atoms with E-state index in [1.54, 1.807) is 11.6 Å². The number of aromatic nitrogens is 2. The van der Waals surface area contributed by atoms with Crippen LogP contribution in [-0.4, -0.2) is 25.5 Å². The predicted octanol–water partition coefficient (Wildman–Crippen LogP) is 1.62. The average molecular weight is 241 g/mol. The van der Waals surface area contributed by atoms with Crippen molar-refractivity contribution in [2.75, 3.05) is 0 Å². The summed E-state index contributed by atoms with van der Waals surface area (Å²) in [6.45, 7) is 1.83. The number of aliphatic hydroxyl groups excluding tert-OH is 1. The summed E-state index contributed by atoms with van der Waals surface area (Å²) in [5, 5.41) is 22.2. The maximum atomic E-state index is 10.9. The monoisotopic (exact) mass is 241 g/mol. The lowest BCUT2D eigenvalue weighted by Gasteiger charge is -2.04. The van der Waals surface area contributed by atoms with E-state index in [0.29, 0.717) is 17.1 Å². The zero-order chi connectivity index (χ0) is 11.7. The van der Waals surface area contributed by atoms with Crippen molar-refractivity contribution >= 4 is 22.1 Å². The van der Waals surface area contributed by atoms with Crippen LogP contribution in [0.4, 0.5) is 5.82 Å². The highest BCUT2D eigenvalue weighted by atomic mass is 32.1. The van der Waals surface area contributed by atoms with Gasteiger partial charge in [0.25, 0.3) is 4.96 Å². The molecule has 16 heavy (non-hydrogen) atoms. The maximum Gasteiger partial charge on any atom is 0.351 e. The number of hydrogen-bond donors (Lipinski definition) is 1. The second kappa shape index (κ2) is 4.18. The normalized spacial score (nSPS) is 13.1. The van der Waals surface area contributed by atoms with Gasteiger partial charge in [0.15, 0.2) is 0 Å². The Kier molecular flexibility index (Phi) is 2.88. The molecule has 0 fully saturated rings. The number of hydrogen-bond acceptors (Lipinski definition) is 5. The van der Waals surface area contributed by atoms with Crippen LogP contribution in [0.5, 0.6) is 0 Å². The Morgan fingerprint density at radius 3 is 3.12 bits per heavy atom. The highest BCUT2D eigenvalue weighted by molar-refractivity contribution is 7.15. The van der Waals surface area contributed by atoms with Crippen LogP contribution in [0.2, 0.25) is 0 Å². The smallest absolute Gasteiger partial charge is 0.351 e. The third-order valence-electron chi connectivity index (χ3n) is 2.38. The average Bonchev–Trinajstić information content (AvgIpc) is 2.76. The molecule has 0 spiro atoms. The first-order valence-electron chi connectivity index (χ1n) is 4.90. The Morgan fingerprint density at radius 1 is 1.75 bits per heavy atom. The molecule has 6 nitrogen and oxygen atoms in total. The van der Waals surface area contributed by atoms with Gasteiger partial charge in [-0.05, 0) is 11.3 Å². The summed E-state index contributed by atoms with van der Waals surface area (Å²) >= 11 is 1.34. The summed E-state index contributed by atoms with van der Waals surface area (Å²) in [5.41, 5.74) is 0.353. The number of nitro groups is 1. The molecule has 0 aliphatic heterocycles. The Balaban J connectivity index is 2.47. The summed E-state index contributed by atoms with van der Waals surface area (Å²) in [7, 11) is 0. The lowest BCUT2D eigenvalue weighted by atomic mass is 10.1. The number of rotatable bonds is 4. The first-order chi connectivity index (χ1) is 7.63. The summed E-state index contributed by atoms with van der Waals surface area (Å²) in [6, 6.07) is 0. The Hall–Kier alpha value is -1.47. The second-order valence-electron chi connectivity index (χ2n) is 3.46. The molecule has 0 aliphatic carbocycles. The van der Waals surface area contributed by atoms with Gasteiger partial charge < -0.3 is 15.2 Å². The molecule has 1 N–H and O–H groups in total. The Morgan fingerprint density at radius 2 is 2.50 bits per heavy atom. The van der Waals surface area contributed by atoms with Gasteiger partial charge in [-0.3, -0.25) is 0 Å². The van der Waals surface area contributed by atoms with Gasteiger partial charge in [0, 0.05) is 11.8 Å². The summed E-state index contributed by atoms with van der Waals surface area (Å²) in [5.74, 6) is -0.0382. The third kappa shape index (κ3) is 1.79. The van der Waals surface area contributed by atoms with Crippen LogP contribution in [0, 0.1) is 10.1 Å². The first kappa shape index (κ1) is 11.0. The van der Waals surface area contributed by atoms with Gasteiger partial charge in [-0.15, -0.1) is 0 Å². The molecule has 7 heteroatoms. The number of thiazole rings is 1. The number of fused-ring (bicyclic) bond motifs is 1. The van der Waals surface area contributed by atoms with Crippen LogP contribution in [-0.2, 0) is 6.42 Å². The van der Waals surface area contributed by atoms with E-state index in [2.05, 4.69) is 4.98 Å². The molecule has 0 radical (unpaired) electrons. The van der Waals surface area contributed by atoms with Crippen LogP contribution >= 0.6 is 11.3 Å². The van der Waals surface area contributed by atoms with Crippen LogP contribution in [0.25, 0.3) is 4.96 Å². The third-order valence-corrected chi connectivity index (χ3v) is 3.14. The molecule has 2 aromatic rings. The van der Waals surface area contributed by atoms with Gasteiger partial charge in [-0.25, -0.2) is 0 Å². The molecule has 0 amide bonds. The Labute approximate surface area is 95.3 Å². The molecule has 86 valence electrons. The molecule has 0 bridgehead atoms. The van der Waals surface area contributed by atoms with Crippen molar-refractivity contribution in [3.05, 3.63) is 27.4 Å². The predicted molar refractivity (Wildman–Crippen MR) is 59.7 cm³/mol. The van der Waals surface area contributed by atoms with E-state index in [0.717, 1.165) is 0 Å². The molecule has 0 saturated carbocycles.